The molecule has 164 valence electrons. The van der Waals surface area contributed by atoms with E-state index in [-0.39, 0.29) is 11.9 Å². The molecule has 0 spiro atoms. The van der Waals surface area contributed by atoms with E-state index >= 15 is 0 Å². The molecule has 0 unspecified atom stereocenters. The van der Waals surface area contributed by atoms with E-state index in [1.54, 1.807) is 7.11 Å². The minimum atomic E-state index is 0.0797. The lowest BCUT2D eigenvalue weighted by molar-refractivity contribution is -0.120. The summed E-state index contributed by atoms with van der Waals surface area (Å²) in [5, 5.41) is 12.9. The van der Waals surface area contributed by atoms with Gasteiger partial charge in [0.2, 0.25) is 5.91 Å². The Morgan fingerprint density at radius 2 is 1.97 bits per heavy atom. The molecule has 0 aliphatic heterocycles. The predicted octanol–water partition coefficient (Wildman–Crippen LogP) is 4.64. The normalized spacial score (nSPS) is 21.6. The highest BCUT2D eigenvalue weighted by Gasteiger charge is 2.28. The summed E-state index contributed by atoms with van der Waals surface area (Å²) >= 11 is 1.46. The van der Waals surface area contributed by atoms with Gasteiger partial charge in [0, 0.05) is 18.2 Å². The van der Waals surface area contributed by atoms with E-state index in [4.69, 9.17) is 4.74 Å². The Kier molecular flexibility index (Phi) is 7.81. The average Bonchev–Trinajstić information content (AvgIpc) is 3.11. The minimum absolute atomic E-state index is 0.0797. The largest absolute Gasteiger partial charge is 0.497 e. The highest BCUT2D eigenvalue weighted by molar-refractivity contribution is 7.99. The van der Waals surface area contributed by atoms with Crippen molar-refractivity contribution in [2.24, 2.45) is 17.8 Å². The van der Waals surface area contributed by atoms with Crippen molar-refractivity contribution >= 4 is 17.7 Å². The maximum Gasteiger partial charge on any atom is 0.230 e. The molecule has 1 heterocycles. The molecular weight excluding hydrogens is 396 g/mol. The van der Waals surface area contributed by atoms with E-state index < -0.39 is 0 Å². The first-order chi connectivity index (χ1) is 14.4. The quantitative estimate of drug-likeness (QED) is 0.618. The van der Waals surface area contributed by atoms with Crippen LogP contribution >= 0.6 is 11.8 Å². The average molecular weight is 431 g/mol. The Morgan fingerprint density at radius 3 is 2.63 bits per heavy atom. The van der Waals surface area contributed by atoms with Crippen molar-refractivity contribution in [2.45, 2.75) is 64.7 Å². The predicted molar refractivity (Wildman–Crippen MR) is 122 cm³/mol. The van der Waals surface area contributed by atoms with E-state index in [1.165, 1.54) is 24.6 Å². The summed E-state index contributed by atoms with van der Waals surface area (Å²) in [4.78, 5) is 12.6. The Bertz CT molecular complexity index is 834. The number of nitrogens with one attached hydrogen (secondary N) is 1. The van der Waals surface area contributed by atoms with E-state index in [0.717, 1.165) is 35.3 Å². The summed E-state index contributed by atoms with van der Waals surface area (Å²) < 4.78 is 7.38. The van der Waals surface area contributed by atoms with Crippen LogP contribution in [0.4, 0.5) is 0 Å². The second-order valence-corrected chi connectivity index (χ2v) is 9.71. The number of methoxy groups -OCH3 is 1. The fourth-order valence-corrected chi connectivity index (χ4v) is 4.80. The molecule has 0 radical (unpaired) electrons. The Hall–Kier alpha value is -2.02. The molecule has 3 rings (SSSR count). The minimum Gasteiger partial charge on any atom is -0.497 e. The van der Waals surface area contributed by atoms with Crippen LogP contribution in [-0.2, 0) is 11.3 Å². The molecule has 7 heteroatoms. The van der Waals surface area contributed by atoms with E-state index in [1.807, 2.05) is 24.3 Å². The van der Waals surface area contributed by atoms with Crippen molar-refractivity contribution in [2.75, 3.05) is 12.9 Å². The van der Waals surface area contributed by atoms with Crippen molar-refractivity contribution in [1.29, 1.82) is 0 Å². The molecule has 1 saturated carbocycles. The number of thioether (sulfide) groups is 1. The maximum atomic E-state index is 12.6. The van der Waals surface area contributed by atoms with Gasteiger partial charge in [0.1, 0.15) is 5.75 Å². The molecule has 1 aliphatic rings. The Labute approximate surface area is 184 Å². The van der Waals surface area contributed by atoms with Crippen LogP contribution in [0.15, 0.2) is 29.4 Å². The molecular formula is C23H34N4O2S. The van der Waals surface area contributed by atoms with E-state index in [9.17, 15) is 4.79 Å². The lowest BCUT2D eigenvalue weighted by Crippen LogP contribution is -2.44. The SMILES string of the molecule is COc1ccc(-c2nnc(SCC(=O)N[C@@H]3CCC[C@H](C)[C@H]3C)n2CC(C)C)cc1. The molecule has 6 nitrogen and oxygen atoms in total. The first-order valence-corrected chi connectivity index (χ1v) is 11.9. The number of benzene rings is 1. The number of ether oxygens (including phenoxy) is 1. The third-order valence-corrected chi connectivity index (χ3v) is 6.97. The van der Waals surface area contributed by atoms with Gasteiger partial charge in [0.05, 0.1) is 12.9 Å². The molecule has 1 fully saturated rings. The van der Waals surface area contributed by atoms with Gasteiger partial charge < -0.3 is 14.6 Å². The maximum absolute atomic E-state index is 12.6. The van der Waals surface area contributed by atoms with Crippen LogP contribution in [0.2, 0.25) is 0 Å². The topological polar surface area (TPSA) is 69.0 Å². The fraction of sp³-hybridized carbons (Fsp3) is 0.609. The van der Waals surface area contributed by atoms with Crippen molar-refractivity contribution in [3.8, 4) is 17.1 Å². The molecule has 0 bridgehead atoms. The highest BCUT2D eigenvalue weighted by atomic mass is 32.2. The highest BCUT2D eigenvalue weighted by Crippen LogP contribution is 2.30. The summed E-state index contributed by atoms with van der Waals surface area (Å²) in [7, 11) is 1.66. The van der Waals surface area contributed by atoms with Crippen LogP contribution in [0.1, 0.15) is 47.0 Å². The molecule has 30 heavy (non-hydrogen) atoms. The van der Waals surface area contributed by atoms with Gasteiger partial charge >= 0.3 is 0 Å². The molecule has 1 aliphatic carbocycles. The van der Waals surface area contributed by atoms with Crippen LogP contribution in [0.25, 0.3) is 11.4 Å². The van der Waals surface area contributed by atoms with Crippen LogP contribution < -0.4 is 10.1 Å². The molecule has 3 atom stereocenters. The van der Waals surface area contributed by atoms with Gasteiger partial charge in [-0.2, -0.15) is 0 Å². The number of carbonyl (C=O) groups is 1. The second kappa shape index (κ2) is 10.3. The van der Waals surface area contributed by atoms with Gasteiger partial charge in [-0.1, -0.05) is 52.3 Å². The fourth-order valence-electron chi connectivity index (χ4n) is 4.04. The molecule has 0 saturated heterocycles. The number of aromatic nitrogens is 3. The zero-order chi connectivity index (χ0) is 21.7. The monoisotopic (exact) mass is 430 g/mol. The lowest BCUT2D eigenvalue weighted by Gasteiger charge is -2.34. The van der Waals surface area contributed by atoms with Gasteiger partial charge in [-0.15, -0.1) is 10.2 Å². The van der Waals surface area contributed by atoms with Gasteiger partial charge in [0.15, 0.2) is 11.0 Å². The summed E-state index contributed by atoms with van der Waals surface area (Å²) in [5.41, 5.74) is 0.991. The summed E-state index contributed by atoms with van der Waals surface area (Å²) in [5.74, 6) is 3.70. The van der Waals surface area contributed by atoms with Crippen molar-refractivity contribution in [1.82, 2.24) is 20.1 Å². The molecule has 2 aromatic rings. The van der Waals surface area contributed by atoms with Gasteiger partial charge in [0.25, 0.3) is 0 Å². The van der Waals surface area contributed by atoms with Crippen LogP contribution in [0.3, 0.4) is 0 Å². The van der Waals surface area contributed by atoms with Crippen LogP contribution in [0.5, 0.6) is 5.75 Å². The third kappa shape index (κ3) is 5.56. The third-order valence-electron chi connectivity index (χ3n) is 6.00. The first-order valence-electron chi connectivity index (χ1n) is 10.9. The molecule has 1 amide bonds. The van der Waals surface area contributed by atoms with Crippen molar-refractivity contribution < 1.29 is 9.53 Å². The van der Waals surface area contributed by atoms with Gasteiger partial charge in [-0.25, -0.2) is 0 Å². The summed E-state index contributed by atoms with van der Waals surface area (Å²) in [6.45, 7) is 9.68. The number of nitrogens with zero attached hydrogens (tertiary/aromatic N) is 3. The zero-order valence-corrected chi connectivity index (χ0v) is 19.5. The summed E-state index contributed by atoms with van der Waals surface area (Å²) in [6.07, 6.45) is 3.53. The zero-order valence-electron chi connectivity index (χ0n) is 18.7. The Morgan fingerprint density at radius 1 is 1.23 bits per heavy atom. The second-order valence-electron chi connectivity index (χ2n) is 8.77. The number of hydrogen-bond acceptors (Lipinski definition) is 5. The van der Waals surface area contributed by atoms with Crippen molar-refractivity contribution in [3.63, 3.8) is 0 Å². The van der Waals surface area contributed by atoms with Gasteiger partial charge in [-0.3, -0.25) is 4.79 Å². The standard InChI is InChI=1S/C23H34N4O2S/c1-15(2)13-27-22(18-9-11-19(29-5)12-10-18)25-26-23(27)30-14-21(28)24-20-8-6-7-16(3)17(20)4/h9-12,15-17,20H,6-8,13-14H2,1-5H3,(H,24,28)/t16-,17+,20+/m0/s1. The number of rotatable bonds is 8. The van der Waals surface area contributed by atoms with Crippen LogP contribution in [0, 0.1) is 17.8 Å². The Balaban J connectivity index is 1.69. The lowest BCUT2D eigenvalue weighted by atomic mass is 9.78. The van der Waals surface area contributed by atoms with E-state index in [2.05, 4.69) is 47.8 Å². The van der Waals surface area contributed by atoms with Gasteiger partial charge in [-0.05, 0) is 48.4 Å². The summed E-state index contributed by atoms with van der Waals surface area (Å²) in [6, 6.07) is 8.12. The number of hydrogen-bond donors (Lipinski definition) is 1. The number of carbonyl (C=O) groups excluding carboxylic acids is 1. The first kappa shape index (κ1) is 22.7. The number of amides is 1. The van der Waals surface area contributed by atoms with E-state index in [0.29, 0.717) is 23.5 Å². The molecule has 1 aromatic heterocycles. The smallest absolute Gasteiger partial charge is 0.230 e. The van der Waals surface area contributed by atoms with Crippen LogP contribution in [-0.4, -0.2) is 39.6 Å². The molecule has 1 N–H and O–H groups in total. The molecule has 1 aromatic carbocycles. The van der Waals surface area contributed by atoms with Crippen molar-refractivity contribution in [3.05, 3.63) is 24.3 Å².